The molecule has 0 spiro atoms. The van der Waals surface area contributed by atoms with Crippen molar-refractivity contribution in [3.63, 3.8) is 0 Å². The maximum atomic E-state index is 13.1. The van der Waals surface area contributed by atoms with Crippen molar-refractivity contribution in [2.45, 2.75) is 68.8 Å². The Morgan fingerprint density at radius 3 is 2.48 bits per heavy atom. The van der Waals surface area contributed by atoms with E-state index in [1.807, 2.05) is 44.2 Å². The fourth-order valence-corrected chi connectivity index (χ4v) is 6.51. The molecule has 1 saturated carbocycles. The number of carbonyl (C=O) groups excluding carboxylic acids is 1. The fraction of sp³-hybridized carbons (Fsp3) is 0.552. The maximum absolute atomic E-state index is 13.1. The molecule has 4 rings (SSSR count). The average molecular weight is 576 g/mol. The highest BCUT2D eigenvalue weighted by Gasteiger charge is 2.40. The molecule has 1 saturated heterocycles. The van der Waals surface area contributed by atoms with Crippen LogP contribution in [0, 0.1) is 11.8 Å². The summed E-state index contributed by atoms with van der Waals surface area (Å²) in [7, 11) is -2.41. The fourth-order valence-electron chi connectivity index (χ4n) is 5.42. The number of benzene rings is 2. The molecule has 2 aromatic rings. The number of hydrazine groups is 1. The van der Waals surface area contributed by atoms with Crippen LogP contribution in [-0.4, -0.2) is 75.8 Å². The number of nitrogens with zero attached hydrogens (tertiary/aromatic N) is 1. The minimum absolute atomic E-state index is 0.0488. The van der Waals surface area contributed by atoms with Gasteiger partial charge in [0.25, 0.3) is 10.0 Å². The molecule has 3 N–H and O–H groups in total. The molecule has 5 atom stereocenters. The summed E-state index contributed by atoms with van der Waals surface area (Å²) in [4.78, 5) is 15.6. The predicted molar refractivity (Wildman–Crippen MR) is 150 cm³/mol. The number of carbonyl (C=O) groups is 1. The lowest BCUT2D eigenvalue weighted by molar-refractivity contribution is 0.0458. The first-order chi connectivity index (χ1) is 19.1. The Bertz CT molecular complexity index is 1180. The monoisotopic (exact) mass is 575 g/mol. The summed E-state index contributed by atoms with van der Waals surface area (Å²) in [5, 5.41) is 15.7. The van der Waals surface area contributed by atoms with E-state index in [-0.39, 0.29) is 29.6 Å². The van der Waals surface area contributed by atoms with Crippen molar-refractivity contribution in [1.82, 2.24) is 15.2 Å². The highest BCUT2D eigenvalue weighted by Crippen LogP contribution is 2.37. The molecular formula is C29H41N3O7S. The Morgan fingerprint density at radius 2 is 1.82 bits per heavy atom. The van der Waals surface area contributed by atoms with E-state index in [1.165, 1.54) is 24.3 Å². The first-order valence-corrected chi connectivity index (χ1v) is 15.3. The van der Waals surface area contributed by atoms with E-state index in [0.29, 0.717) is 31.1 Å². The second kappa shape index (κ2) is 13.8. The van der Waals surface area contributed by atoms with E-state index in [9.17, 15) is 18.3 Å². The molecule has 2 aromatic carbocycles. The van der Waals surface area contributed by atoms with Crippen LogP contribution in [-0.2, 0) is 25.9 Å². The van der Waals surface area contributed by atoms with Crippen LogP contribution in [0.1, 0.15) is 38.7 Å². The quantitative estimate of drug-likeness (QED) is 0.311. The molecule has 40 heavy (non-hydrogen) atoms. The highest BCUT2D eigenvalue weighted by atomic mass is 32.2. The summed E-state index contributed by atoms with van der Waals surface area (Å²) in [6.45, 7) is 4.97. The normalized spacial score (nSPS) is 22.2. The molecule has 1 heterocycles. The number of rotatable bonds is 13. The summed E-state index contributed by atoms with van der Waals surface area (Å²) < 4.78 is 42.9. The predicted octanol–water partition coefficient (Wildman–Crippen LogP) is 3.11. The van der Waals surface area contributed by atoms with Crippen molar-refractivity contribution in [3.05, 3.63) is 60.2 Å². The van der Waals surface area contributed by atoms with Gasteiger partial charge in [0.15, 0.2) is 0 Å². The third-order valence-corrected chi connectivity index (χ3v) is 8.75. The SMILES string of the molecule is COc1ccc(S(=O)(=O)NN(CC(C)C)C[C@@H](O)[C@H](Cc2ccccc2)NC(=O)OC2CC3CCO[C@@H]3C2)cc1. The van der Waals surface area contributed by atoms with E-state index >= 15 is 0 Å². The minimum Gasteiger partial charge on any atom is -0.497 e. The van der Waals surface area contributed by atoms with Gasteiger partial charge in [-0.25, -0.2) is 18.2 Å². The molecule has 10 nitrogen and oxygen atoms in total. The Hall–Kier alpha value is -2.70. The molecule has 11 heteroatoms. The number of aliphatic hydroxyl groups is 1. The third kappa shape index (κ3) is 8.40. The number of ether oxygens (including phenoxy) is 3. The van der Waals surface area contributed by atoms with Crippen molar-refractivity contribution >= 4 is 16.1 Å². The highest BCUT2D eigenvalue weighted by molar-refractivity contribution is 7.89. The van der Waals surface area contributed by atoms with Crippen LogP contribution >= 0.6 is 0 Å². The lowest BCUT2D eigenvalue weighted by atomic mass is 10.0. The zero-order chi connectivity index (χ0) is 28.7. The van der Waals surface area contributed by atoms with Crippen LogP contribution in [0.25, 0.3) is 0 Å². The van der Waals surface area contributed by atoms with Gasteiger partial charge >= 0.3 is 6.09 Å². The molecule has 0 radical (unpaired) electrons. The topological polar surface area (TPSA) is 126 Å². The van der Waals surface area contributed by atoms with Gasteiger partial charge in [-0.15, -0.1) is 4.83 Å². The number of alkyl carbamates (subject to hydrolysis) is 1. The smallest absolute Gasteiger partial charge is 0.407 e. The number of nitrogens with one attached hydrogen (secondary N) is 2. The second-order valence-electron chi connectivity index (χ2n) is 11.0. The van der Waals surface area contributed by atoms with Gasteiger partial charge in [0.05, 0.1) is 30.3 Å². The lowest BCUT2D eigenvalue weighted by Crippen LogP contribution is -2.54. The second-order valence-corrected chi connectivity index (χ2v) is 12.7. The van der Waals surface area contributed by atoms with E-state index < -0.39 is 28.3 Å². The number of methoxy groups -OCH3 is 1. The zero-order valence-corrected chi connectivity index (χ0v) is 24.2. The van der Waals surface area contributed by atoms with Crippen molar-refractivity contribution < 1.29 is 32.5 Å². The van der Waals surface area contributed by atoms with Gasteiger partial charge in [-0.1, -0.05) is 44.2 Å². The molecule has 2 fully saturated rings. The average Bonchev–Trinajstić information content (AvgIpc) is 3.50. The molecule has 2 unspecified atom stereocenters. The Labute approximate surface area is 237 Å². The van der Waals surface area contributed by atoms with Crippen molar-refractivity contribution in [3.8, 4) is 5.75 Å². The molecule has 1 aliphatic heterocycles. The van der Waals surface area contributed by atoms with Gasteiger partial charge in [-0.2, -0.15) is 0 Å². The van der Waals surface area contributed by atoms with Crippen LogP contribution in [0.5, 0.6) is 5.75 Å². The zero-order valence-electron chi connectivity index (χ0n) is 23.4. The van der Waals surface area contributed by atoms with E-state index in [2.05, 4.69) is 10.1 Å². The van der Waals surface area contributed by atoms with Crippen LogP contribution in [0.15, 0.2) is 59.5 Å². The Kier molecular flexibility index (Phi) is 10.4. The van der Waals surface area contributed by atoms with Gasteiger partial charge < -0.3 is 24.6 Å². The summed E-state index contributed by atoms with van der Waals surface area (Å²) in [6.07, 6.45) is 1.01. The van der Waals surface area contributed by atoms with E-state index in [0.717, 1.165) is 25.0 Å². The maximum Gasteiger partial charge on any atom is 0.407 e. The first-order valence-electron chi connectivity index (χ1n) is 13.8. The van der Waals surface area contributed by atoms with Crippen molar-refractivity contribution in [2.75, 3.05) is 26.8 Å². The molecule has 0 aromatic heterocycles. The van der Waals surface area contributed by atoms with Crippen LogP contribution < -0.4 is 14.9 Å². The van der Waals surface area contributed by atoms with Crippen LogP contribution in [0.3, 0.4) is 0 Å². The van der Waals surface area contributed by atoms with Gasteiger partial charge in [-0.05, 0) is 60.9 Å². The van der Waals surface area contributed by atoms with E-state index in [4.69, 9.17) is 14.2 Å². The standard InChI is InChI=1S/C29H41N3O7S/c1-20(2)18-32(31-40(35,36)25-11-9-23(37-3)10-12-25)19-27(33)26(15-21-7-5-4-6-8-21)30-29(34)39-24-16-22-13-14-38-28(22)17-24/h4-12,20,22,24,26-28,31,33H,13-19H2,1-3H3,(H,30,34)/t22?,24?,26-,27+,28+/m0/s1. The number of amides is 1. The third-order valence-electron chi connectivity index (χ3n) is 7.36. The number of hydrogen-bond donors (Lipinski definition) is 3. The largest absolute Gasteiger partial charge is 0.497 e. The molecular weight excluding hydrogens is 534 g/mol. The molecule has 2 aliphatic rings. The molecule has 0 bridgehead atoms. The van der Waals surface area contributed by atoms with Gasteiger partial charge in [0.2, 0.25) is 0 Å². The van der Waals surface area contributed by atoms with Gasteiger partial charge in [-0.3, -0.25) is 0 Å². The lowest BCUT2D eigenvalue weighted by Gasteiger charge is -2.31. The minimum atomic E-state index is -3.92. The number of hydrogen-bond acceptors (Lipinski definition) is 8. The summed E-state index contributed by atoms with van der Waals surface area (Å²) in [5.74, 6) is 1.07. The van der Waals surface area contributed by atoms with Crippen LogP contribution in [0.4, 0.5) is 4.79 Å². The number of aliphatic hydroxyl groups excluding tert-OH is 1. The van der Waals surface area contributed by atoms with Crippen LogP contribution in [0.2, 0.25) is 0 Å². The summed E-state index contributed by atoms with van der Waals surface area (Å²) in [5.41, 5.74) is 0.921. The molecule has 220 valence electrons. The van der Waals surface area contributed by atoms with Crippen molar-refractivity contribution in [1.29, 1.82) is 0 Å². The molecule has 1 aliphatic carbocycles. The van der Waals surface area contributed by atoms with Crippen molar-refractivity contribution in [2.24, 2.45) is 11.8 Å². The molecule has 1 amide bonds. The number of sulfonamides is 1. The summed E-state index contributed by atoms with van der Waals surface area (Å²) in [6, 6.07) is 14.9. The number of fused-ring (bicyclic) bond motifs is 1. The summed E-state index contributed by atoms with van der Waals surface area (Å²) >= 11 is 0. The Morgan fingerprint density at radius 1 is 1.10 bits per heavy atom. The Balaban J connectivity index is 1.44. The van der Waals surface area contributed by atoms with Gasteiger partial charge in [0, 0.05) is 26.1 Å². The first kappa shape index (κ1) is 30.3. The van der Waals surface area contributed by atoms with E-state index in [1.54, 1.807) is 12.1 Å². The van der Waals surface area contributed by atoms with Gasteiger partial charge in [0.1, 0.15) is 11.9 Å².